The lowest BCUT2D eigenvalue weighted by molar-refractivity contribution is -0.137. The molecule has 0 aromatic heterocycles. The van der Waals surface area contributed by atoms with Gasteiger partial charge in [-0.1, -0.05) is 26.0 Å². The number of hydrogen-bond acceptors (Lipinski definition) is 7. The van der Waals surface area contributed by atoms with Gasteiger partial charge in [0, 0.05) is 25.6 Å². The Morgan fingerprint density at radius 1 is 0.892 bits per heavy atom. The molecule has 2 atom stereocenters. The summed E-state index contributed by atoms with van der Waals surface area (Å²) in [6, 6.07) is 4.67. The van der Waals surface area contributed by atoms with Crippen LogP contribution in [-0.4, -0.2) is 66.5 Å². The quantitative estimate of drug-likeness (QED) is 0.204. The van der Waals surface area contributed by atoms with Gasteiger partial charge >= 0.3 is 12.1 Å². The highest BCUT2D eigenvalue weighted by Crippen LogP contribution is 2.11. The zero-order valence-corrected chi connectivity index (χ0v) is 21.4. The molecule has 0 fully saturated rings. The van der Waals surface area contributed by atoms with Gasteiger partial charge in [0.05, 0.1) is 6.54 Å². The lowest BCUT2D eigenvalue weighted by Gasteiger charge is -2.24. The molecule has 6 N–H and O–H groups in total. The summed E-state index contributed by atoms with van der Waals surface area (Å²) in [5.41, 5.74) is 1.10. The second-order valence-electron chi connectivity index (χ2n) is 8.56. The van der Waals surface area contributed by atoms with Crippen molar-refractivity contribution in [1.82, 2.24) is 21.3 Å². The van der Waals surface area contributed by atoms with E-state index in [9.17, 15) is 28.8 Å². The molecule has 0 heterocycles. The number of aliphatic carboxylic acids is 1. The van der Waals surface area contributed by atoms with Crippen molar-refractivity contribution in [3.63, 3.8) is 0 Å². The Balaban J connectivity index is 2.55. The minimum atomic E-state index is -1.00. The fourth-order valence-corrected chi connectivity index (χ4v) is 2.93. The number of anilines is 1. The van der Waals surface area contributed by atoms with E-state index < -0.39 is 41.9 Å². The van der Waals surface area contributed by atoms with Crippen LogP contribution in [0.5, 0.6) is 0 Å². The zero-order chi connectivity index (χ0) is 28.0. The van der Waals surface area contributed by atoms with Crippen LogP contribution in [0, 0.1) is 5.92 Å². The fraction of sp³-hybridized carbons (Fsp3) is 0.500. The summed E-state index contributed by atoms with van der Waals surface area (Å²) >= 11 is 0. The predicted molar refractivity (Wildman–Crippen MR) is 133 cm³/mol. The van der Waals surface area contributed by atoms with Crippen LogP contribution >= 0.6 is 0 Å². The van der Waals surface area contributed by atoms with E-state index in [1.165, 1.54) is 14.0 Å². The van der Waals surface area contributed by atoms with E-state index in [1.54, 1.807) is 38.1 Å². The molecule has 1 unspecified atom stereocenters. The summed E-state index contributed by atoms with van der Waals surface area (Å²) in [7, 11) is 1.45. The fourth-order valence-electron chi connectivity index (χ4n) is 2.93. The van der Waals surface area contributed by atoms with E-state index in [1.807, 2.05) is 0 Å². The third-order valence-corrected chi connectivity index (χ3v) is 5.08. The van der Waals surface area contributed by atoms with E-state index in [0.717, 1.165) is 0 Å². The van der Waals surface area contributed by atoms with Crippen LogP contribution in [0.1, 0.15) is 45.6 Å². The second-order valence-corrected chi connectivity index (χ2v) is 8.56. The number of ether oxygens (including phenoxy) is 1. The Morgan fingerprint density at radius 2 is 1.54 bits per heavy atom. The van der Waals surface area contributed by atoms with Gasteiger partial charge in [-0.3, -0.25) is 24.0 Å². The van der Waals surface area contributed by atoms with Crippen molar-refractivity contribution in [1.29, 1.82) is 0 Å². The second kappa shape index (κ2) is 15.8. The third-order valence-electron chi connectivity index (χ3n) is 5.08. The number of carboxylic acid groups (broad SMARTS) is 1. The van der Waals surface area contributed by atoms with Crippen molar-refractivity contribution in [3.8, 4) is 0 Å². The van der Waals surface area contributed by atoms with Crippen LogP contribution in [0.25, 0.3) is 0 Å². The molecule has 0 saturated carbocycles. The first-order valence-electron chi connectivity index (χ1n) is 11.8. The monoisotopic (exact) mass is 521 g/mol. The van der Waals surface area contributed by atoms with Gasteiger partial charge in [-0.15, -0.1) is 0 Å². The first kappa shape index (κ1) is 30.9. The average molecular weight is 522 g/mol. The molecule has 1 aromatic rings. The number of alkyl carbamates (subject to hydrolysis) is 1. The van der Waals surface area contributed by atoms with Crippen molar-refractivity contribution in [2.45, 2.75) is 58.7 Å². The minimum absolute atomic E-state index is 0.0272. The van der Waals surface area contributed by atoms with Gasteiger partial charge in [-0.25, -0.2) is 4.79 Å². The van der Waals surface area contributed by atoms with Gasteiger partial charge in [-0.05, 0) is 37.0 Å². The molecule has 0 saturated heterocycles. The number of carbonyl (C=O) groups excluding carboxylic acids is 5. The van der Waals surface area contributed by atoms with Gasteiger partial charge in [0.2, 0.25) is 23.6 Å². The number of rotatable bonds is 14. The highest BCUT2D eigenvalue weighted by Gasteiger charge is 2.27. The van der Waals surface area contributed by atoms with Crippen LogP contribution in [-0.2, 0) is 35.3 Å². The highest BCUT2D eigenvalue weighted by atomic mass is 16.5. The molecule has 0 bridgehead atoms. The molecule has 0 aliphatic rings. The SMILES string of the molecule is CNC(=O)CNC(=O)OCc1ccc(NC(=O)[C@H](C)NC(=O)C(NC(=O)CCCC(=O)O)C(C)C)cc1. The largest absolute Gasteiger partial charge is 0.481 e. The topological polar surface area (TPSA) is 192 Å². The van der Waals surface area contributed by atoms with Crippen LogP contribution < -0.4 is 26.6 Å². The van der Waals surface area contributed by atoms with Crippen molar-refractivity contribution in [2.24, 2.45) is 5.92 Å². The number of carbonyl (C=O) groups is 6. The van der Waals surface area contributed by atoms with E-state index >= 15 is 0 Å². The first-order valence-corrected chi connectivity index (χ1v) is 11.8. The summed E-state index contributed by atoms with van der Waals surface area (Å²) in [6.07, 6.45) is -0.768. The molecule has 1 rings (SSSR count). The maximum absolute atomic E-state index is 12.7. The third kappa shape index (κ3) is 12.4. The molecule has 37 heavy (non-hydrogen) atoms. The molecule has 0 aliphatic carbocycles. The molecule has 1 aromatic carbocycles. The van der Waals surface area contributed by atoms with Crippen molar-refractivity contribution in [3.05, 3.63) is 29.8 Å². The van der Waals surface area contributed by atoms with Crippen LogP contribution in [0.15, 0.2) is 24.3 Å². The normalized spacial score (nSPS) is 12.0. The van der Waals surface area contributed by atoms with Gasteiger partial charge in [0.1, 0.15) is 18.7 Å². The Hall–Kier alpha value is -4.16. The average Bonchev–Trinajstić information content (AvgIpc) is 2.84. The van der Waals surface area contributed by atoms with Crippen LogP contribution in [0.2, 0.25) is 0 Å². The Morgan fingerprint density at radius 3 is 2.11 bits per heavy atom. The molecule has 13 nitrogen and oxygen atoms in total. The predicted octanol–water partition coefficient (Wildman–Crippen LogP) is 0.498. The maximum atomic E-state index is 12.7. The van der Waals surface area contributed by atoms with Crippen LogP contribution in [0.3, 0.4) is 0 Å². The number of benzene rings is 1. The summed E-state index contributed by atoms with van der Waals surface area (Å²) in [6.45, 7) is 4.73. The van der Waals surface area contributed by atoms with Gasteiger partial charge < -0.3 is 36.4 Å². The van der Waals surface area contributed by atoms with Gasteiger partial charge in [0.15, 0.2) is 0 Å². The van der Waals surface area contributed by atoms with E-state index in [4.69, 9.17) is 9.84 Å². The van der Waals surface area contributed by atoms with Gasteiger partial charge in [-0.2, -0.15) is 0 Å². The molecular formula is C24H35N5O8. The van der Waals surface area contributed by atoms with Crippen molar-refractivity contribution < 1.29 is 38.6 Å². The summed E-state index contributed by atoms with van der Waals surface area (Å²) in [4.78, 5) is 70.6. The molecule has 13 heteroatoms. The zero-order valence-electron chi connectivity index (χ0n) is 21.4. The number of carboxylic acids is 1. The Labute approximate surface area is 215 Å². The standard InChI is InChI=1S/C24H35N5O8/c1-14(2)21(29-18(30)6-5-7-20(32)33)23(35)27-15(3)22(34)28-17-10-8-16(9-11-17)13-37-24(36)26-12-19(31)25-4/h8-11,14-15,21H,5-7,12-13H2,1-4H3,(H,25,31)(H,26,36)(H,27,35)(H,28,34)(H,29,30)(H,32,33)/t15-,21?/m0/s1. The van der Waals surface area contributed by atoms with E-state index in [-0.39, 0.29) is 44.2 Å². The number of hydrogen-bond donors (Lipinski definition) is 6. The number of likely N-dealkylation sites (N-methyl/N-ethyl adjacent to an activating group) is 1. The molecule has 0 spiro atoms. The van der Waals surface area contributed by atoms with Crippen molar-refractivity contribution >= 4 is 41.4 Å². The maximum Gasteiger partial charge on any atom is 0.407 e. The number of amides is 5. The minimum Gasteiger partial charge on any atom is -0.481 e. The molecule has 5 amide bonds. The molecule has 204 valence electrons. The Bertz CT molecular complexity index is 964. The smallest absolute Gasteiger partial charge is 0.407 e. The van der Waals surface area contributed by atoms with Gasteiger partial charge in [0.25, 0.3) is 0 Å². The molecule has 0 aliphatic heterocycles. The molecular weight excluding hydrogens is 486 g/mol. The van der Waals surface area contributed by atoms with Crippen LogP contribution in [0.4, 0.5) is 10.5 Å². The lowest BCUT2D eigenvalue weighted by atomic mass is 10.0. The highest BCUT2D eigenvalue weighted by molar-refractivity contribution is 5.98. The number of nitrogens with one attached hydrogen (secondary N) is 5. The first-order chi connectivity index (χ1) is 17.4. The lowest BCUT2D eigenvalue weighted by Crippen LogP contribution is -2.53. The Kier molecular flexibility index (Phi) is 13.1. The molecule has 0 radical (unpaired) electrons. The summed E-state index contributed by atoms with van der Waals surface area (Å²) < 4.78 is 5.01. The van der Waals surface area contributed by atoms with Crippen molar-refractivity contribution in [2.75, 3.05) is 18.9 Å². The van der Waals surface area contributed by atoms with E-state index in [2.05, 4.69) is 26.6 Å². The summed E-state index contributed by atoms with van der Waals surface area (Å²) in [5.74, 6) is -3.09. The van der Waals surface area contributed by atoms with E-state index in [0.29, 0.717) is 11.3 Å². The summed E-state index contributed by atoms with van der Waals surface area (Å²) in [5, 5.41) is 21.2.